The van der Waals surface area contributed by atoms with Gasteiger partial charge < -0.3 is 19.8 Å². The topological polar surface area (TPSA) is 104 Å². The number of furan rings is 1. The summed E-state index contributed by atoms with van der Waals surface area (Å²) >= 11 is 1.36. The Balaban J connectivity index is 1.36. The second-order valence-corrected chi connectivity index (χ2v) is 8.41. The summed E-state index contributed by atoms with van der Waals surface area (Å²) in [6, 6.07) is 13.6. The van der Waals surface area contributed by atoms with Gasteiger partial charge in [-0.25, -0.2) is 4.79 Å². The van der Waals surface area contributed by atoms with Gasteiger partial charge in [0.1, 0.15) is 17.2 Å². The van der Waals surface area contributed by atoms with E-state index in [9.17, 15) is 14.9 Å². The van der Waals surface area contributed by atoms with Gasteiger partial charge >= 0.3 is 6.09 Å². The molecule has 0 fully saturated rings. The molecular weight excluding hydrogens is 426 g/mol. The summed E-state index contributed by atoms with van der Waals surface area (Å²) in [5, 5.41) is 15.7. The lowest BCUT2D eigenvalue weighted by molar-refractivity contribution is -0.111. The van der Waals surface area contributed by atoms with E-state index in [1.165, 1.54) is 29.9 Å². The number of hydrogen-bond acceptors (Lipinski definition) is 6. The SMILES string of the molecule is N#Cc1c(NC(=O)/C=C/c2ccoc2)sc2c1CCC(OC(=O)NCc1ccccc1)C2. The van der Waals surface area contributed by atoms with Crippen LogP contribution in [0.25, 0.3) is 6.08 Å². The van der Waals surface area contributed by atoms with Crippen molar-refractivity contribution in [2.75, 3.05) is 5.32 Å². The number of nitriles is 1. The monoisotopic (exact) mass is 447 g/mol. The normalized spacial score (nSPS) is 15.0. The van der Waals surface area contributed by atoms with E-state index in [-0.39, 0.29) is 12.0 Å². The number of nitrogens with zero attached hydrogens (tertiary/aromatic N) is 1. The zero-order valence-electron chi connectivity index (χ0n) is 17.2. The van der Waals surface area contributed by atoms with Gasteiger partial charge in [0.15, 0.2) is 0 Å². The number of benzene rings is 1. The Morgan fingerprint density at radius 2 is 2.12 bits per heavy atom. The molecule has 0 saturated heterocycles. The molecule has 0 spiro atoms. The molecule has 2 amide bonds. The predicted molar refractivity (Wildman–Crippen MR) is 121 cm³/mol. The minimum Gasteiger partial charge on any atom is -0.472 e. The lowest BCUT2D eigenvalue weighted by Crippen LogP contribution is -2.31. The second kappa shape index (κ2) is 9.98. The number of anilines is 1. The highest BCUT2D eigenvalue weighted by Gasteiger charge is 2.28. The molecule has 2 N–H and O–H groups in total. The van der Waals surface area contributed by atoms with E-state index < -0.39 is 6.09 Å². The molecule has 2 aromatic heterocycles. The van der Waals surface area contributed by atoms with Crippen LogP contribution in [0.2, 0.25) is 0 Å². The van der Waals surface area contributed by atoms with Crippen LogP contribution in [0.5, 0.6) is 0 Å². The van der Waals surface area contributed by atoms with Gasteiger partial charge in [-0.3, -0.25) is 4.79 Å². The van der Waals surface area contributed by atoms with Gasteiger partial charge in [-0.1, -0.05) is 30.3 Å². The standard InChI is InChI=1S/C24H21N3O4S/c25-13-20-19-8-7-18(31-24(29)26-14-16-4-2-1-3-5-16)12-21(19)32-23(20)27-22(28)9-6-17-10-11-30-15-17/h1-6,9-11,15,18H,7-8,12,14H2,(H,26,29)(H,27,28)/b9-6+. The van der Waals surface area contributed by atoms with Gasteiger partial charge in [-0.15, -0.1) is 11.3 Å². The first-order chi connectivity index (χ1) is 15.6. The maximum Gasteiger partial charge on any atom is 0.407 e. The van der Waals surface area contributed by atoms with Crippen LogP contribution in [-0.2, 0) is 28.9 Å². The molecule has 162 valence electrons. The summed E-state index contributed by atoms with van der Waals surface area (Å²) in [4.78, 5) is 25.4. The highest BCUT2D eigenvalue weighted by Crippen LogP contribution is 2.38. The summed E-state index contributed by atoms with van der Waals surface area (Å²) in [7, 11) is 0. The van der Waals surface area contributed by atoms with Gasteiger partial charge in [0.05, 0.1) is 18.1 Å². The van der Waals surface area contributed by atoms with E-state index in [1.54, 1.807) is 12.1 Å². The third kappa shape index (κ3) is 5.25. The number of thiophene rings is 1. The molecule has 8 heteroatoms. The fourth-order valence-corrected chi connectivity index (χ4v) is 4.79. The van der Waals surface area contributed by atoms with Crippen LogP contribution in [0.3, 0.4) is 0 Å². The van der Waals surface area contributed by atoms with Crippen molar-refractivity contribution in [3.63, 3.8) is 0 Å². The molecule has 1 aliphatic carbocycles. The van der Waals surface area contributed by atoms with Crippen LogP contribution in [0.15, 0.2) is 59.4 Å². The number of carbonyl (C=O) groups is 2. The summed E-state index contributed by atoms with van der Waals surface area (Å²) in [6.45, 7) is 0.401. The van der Waals surface area contributed by atoms with Gasteiger partial charge in [0, 0.05) is 29.5 Å². The van der Waals surface area contributed by atoms with Crippen molar-refractivity contribution in [3.8, 4) is 6.07 Å². The van der Waals surface area contributed by atoms with Gasteiger partial charge in [-0.2, -0.15) is 5.26 Å². The van der Waals surface area contributed by atoms with Crippen LogP contribution in [0, 0.1) is 11.3 Å². The molecule has 7 nitrogen and oxygen atoms in total. The van der Waals surface area contributed by atoms with Crippen LogP contribution in [0.1, 0.15) is 33.6 Å². The number of carbonyl (C=O) groups excluding carboxylic acids is 2. The molecule has 32 heavy (non-hydrogen) atoms. The Bertz CT molecular complexity index is 1160. The maximum atomic E-state index is 12.3. The van der Waals surface area contributed by atoms with E-state index in [2.05, 4.69) is 16.7 Å². The third-order valence-electron chi connectivity index (χ3n) is 5.09. The van der Waals surface area contributed by atoms with Crippen molar-refractivity contribution in [2.45, 2.75) is 31.9 Å². The molecule has 0 radical (unpaired) electrons. The molecule has 2 heterocycles. The smallest absolute Gasteiger partial charge is 0.407 e. The van der Waals surface area contributed by atoms with E-state index in [1.807, 2.05) is 30.3 Å². The molecule has 0 aliphatic heterocycles. The average molecular weight is 448 g/mol. The van der Waals surface area contributed by atoms with Crippen LogP contribution < -0.4 is 10.6 Å². The van der Waals surface area contributed by atoms with Crippen LogP contribution in [-0.4, -0.2) is 18.1 Å². The van der Waals surface area contributed by atoms with Gasteiger partial charge in [0.2, 0.25) is 5.91 Å². The van der Waals surface area contributed by atoms with Crippen LogP contribution >= 0.6 is 11.3 Å². The third-order valence-corrected chi connectivity index (χ3v) is 6.26. The average Bonchev–Trinajstić information content (AvgIpc) is 3.44. The van der Waals surface area contributed by atoms with E-state index in [0.717, 1.165) is 21.6 Å². The summed E-state index contributed by atoms with van der Waals surface area (Å²) < 4.78 is 10.5. The van der Waals surface area contributed by atoms with Crippen molar-refractivity contribution >= 4 is 34.4 Å². The fraction of sp³-hybridized carbons (Fsp3) is 0.208. The van der Waals surface area contributed by atoms with Crippen LogP contribution in [0.4, 0.5) is 9.80 Å². The highest BCUT2D eigenvalue weighted by molar-refractivity contribution is 7.16. The largest absolute Gasteiger partial charge is 0.472 e. The molecular formula is C24H21N3O4S. The molecule has 0 saturated carbocycles. The van der Waals surface area contributed by atoms with Gasteiger partial charge in [0.25, 0.3) is 0 Å². The molecule has 1 aromatic carbocycles. The predicted octanol–water partition coefficient (Wildman–Crippen LogP) is 4.65. The quantitative estimate of drug-likeness (QED) is 0.535. The molecule has 0 bridgehead atoms. The van der Waals surface area contributed by atoms with Crippen molar-refractivity contribution in [2.24, 2.45) is 0 Å². The molecule has 1 unspecified atom stereocenters. The molecule has 4 rings (SSSR count). The number of ether oxygens (including phenoxy) is 1. The Hall–Kier alpha value is -3.83. The van der Waals surface area contributed by atoms with E-state index in [4.69, 9.17) is 9.15 Å². The van der Waals surface area contributed by atoms with Crippen molar-refractivity contribution in [1.29, 1.82) is 5.26 Å². The number of hydrogen-bond donors (Lipinski definition) is 2. The first kappa shape index (κ1) is 21.4. The first-order valence-corrected chi connectivity index (χ1v) is 11.0. The summed E-state index contributed by atoms with van der Waals surface area (Å²) in [5.74, 6) is -0.325. The Morgan fingerprint density at radius 1 is 1.28 bits per heavy atom. The lowest BCUT2D eigenvalue weighted by Gasteiger charge is -2.22. The fourth-order valence-electron chi connectivity index (χ4n) is 3.52. The minimum absolute atomic E-state index is 0.270. The zero-order chi connectivity index (χ0) is 22.3. The highest BCUT2D eigenvalue weighted by atomic mass is 32.1. The zero-order valence-corrected chi connectivity index (χ0v) is 18.0. The summed E-state index contributed by atoms with van der Waals surface area (Å²) in [5.41, 5.74) is 3.18. The summed E-state index contributed by atoms with van der Waals surface area (Å²) in [6.07, 6.45) is 7.13. The molecule has 1 atom stereocenters. The van der Waals surface area contributed by atoms with E-state index >= 15 is 0 Å². The first-order valence-electron chi connectivity index (χ1n) is 10.2. The Morgan fingerprint density at radius 3 is 2.88 bits per heavy atom. The Kier molecular flexibility index (Phi) is 6.68. The van der Waals surface area contributed by atoms with E-state index in [0.29, 0.717) is 36.4 Å². The van der Waals surface area contributed by atoms with Gasteiger partial charge in [-0.05, 0) is 36.1 Å². The molecule has 1 aliphatic rings. The number of alkyl carbamates (subject to hydrolysis) is 1. The van der Waals surface area contributed by atoms with Crippen molar-refractivity contribution < 1.29 is 18.7 Å². The second-order valence-electron chi connectivity index (χ2n) is 7.31. The number of rotatable bonds is 6. The Labute approximate surface area is 189 Å². The molecule has 3 aromatic rings. The number of amides is 2. The van der Waals surface area contributed by atoms with Crippen molar-refractivity contribution in [3.05, 3.63) is 82.1 Å². The number of nitrogens with one attached hydrogen (secondary N) is 2. The lowest BCUT2D eigenvalue weighted by atomic mass is 9.94. The van der Waals surface area contributed by atoms with Crippen molar-refractivity contribution in [1.82, 2.24) is 5.32 Å². The maximum absolute atomic E-state index is 12.3. The minimum atomic E-state index is -0.461. The number of fused-ring (bicyclic) bond motifs is 1.